The first-order valence-corrected chi connectivity index (χ1v) is 11.7. The quantitative estimate of drug-likeness (QED) is 0.495. The standard InChI is InChI=1S/C20H25BrN2O5S/c1-27-18-6-3-4-7-19(18)28-15-13-22-20(24)8-5-14-23(29(2,25)26)17-11-9-16(21)10-12-17/h3-4,6-7,9-12H,5,8,13-15H2,1-2H3,(H,22,24). The molecule has 0 spiro atoms. The fourth-order valence-corrected chi connectivity index (χ4v) is 3.88. The second-order valence-corrected chi connectivity index (χ2v) is 9.09. The molecule has 0 aromatic heterocycles. The summed E-state index contributed by atoms with van der Waals surface area (Å²) in [6.07, 6.45) is 1.78. The van der Waals surface area contributed by atoms with Gasteiger partial charge in [0, 0.05) is 17.4 Å². The van der Waals surface area contributed by atoms with Crippen LogP contribution < -0.4 is 19.1 Å². The molecule has 0 atom stereocenters. The predicted molar refractivity (Wildman–Crippen MR) is 117 cm³/mol. The first-order valence-electron chi connectivity index (χ1n) is 9.07. The lowest BCUT2D eigenvalue weighted by atomic mass is 10.2. The van der Waals surface area contributed by atoms with Gasteiger partial charge in [-0.3, -0.25) is 9.10 Å². The van der Waals surface area contributed by atoms with Crippen LogP contribution in [0.2, 0.25) is 0 Å². The Morgan fingerprint density at radius 3 is 2.38 bits per heavy atom. The Hall–Kier alpha value is -2.26. The lowest BCUT2D eigenvalue weighted by Crippen LogP contribution is -2.32. The number of hydrogen-bond acceptors (Lipinski definition) is 5. The number of amides is 1. The maximum Gasteiger partial charge on any atom is 0.232 e. The number of hydrogen-bond donors (Lipinski definition) is 1. The second-order valence-electron chi connectivity index (χ2n) is 6.26. The maximum atomic E-state index is 12.1. The Morgan fingerprint density at radius 1 is 1.10 bits per heavy atom. The Bertz CT molecular complexity index is 903. The molecule has 29 heavy (non-hydrogen) atoms. The van der Waals surface area contributed by atoms with Crippen LogP contribution in [0.1, 0.15) is 12.8 Å². The normalized spacial score (nSPS) is 11.0. The van der Waals surface area contributed by atoms with Crippen LogP contribution in [-0.2, 0) is 14.8 Å². The summed E-state index contributed by atoms with van der Waals surface area (Å²) in [6, 6.07) is 14.3. The minimum absolute atomic E-state index is 0.155. The third kappa shape index (κ3) is 7.58. The van der Waals surface area contributed by atoms with E-state index in [1.165, 1.54) is 4.31 Å². The maximum absolute atomic E-state index is 12.1. The van der Waals surface area contributed by atoms with Gasteiger partial charge in [-0.15, -0.1) is 0 Å². The first kappa shape index (κ1) is 23.0. The van der Waals surface area contributed by atoms with E-state index in [0.29, 0.717) is 36.8 Å². The molecular formula is C20H25BrN2O5S. The van der Waals surface area contributed by atoms with E-state index in [-0.39, 0.29) is 18.9 Å². The van der Waals surface area contributed by atoms with Crippen LogP contribution in [0.15, 0.2) is 53.0 Å². The number of sulfonamides is 1. The number of carbonyl (C=O) groups is 1. The van der Waals surface area contributed by atoms with Crippen LogP contribution in [0.4, 0.5) is 5.69 Å². The van der Waals surface area contributed by atoms with Crippen molar-refractivity contribution in [3.05, 3.63) is 53.0 Å². The van der Waals surface area contributed by atoms with Gasteiger partial charge in [0.2, 0.25) is 15.9 Å². The molecule has 1 amide bonds. The highest BCUT2D eigenvalue weighted by molar-refractivity contribution is 9.10. The zero-order chi connectivity index (χ0) is 21.3. The van der Waals surface area contributed by atoms with Crippen molar-refractivity contribution in [2.45, 2.75) is 12.8 Å². The lowest BCUT2D eigenvalue weighted by Gasteiger charge is -2.22. The Kier molecular flexibility index (Phi) is 8.78. The molecule has 0 radical (unpaired) electrons. The average Bonchev–Trinajstić information content (AvgIpc) is 2.69. The van der Waals surface area contributed by atoms with Crippen LogP contribution in [-0.4, -0.2) is 47.4 Å². The summed E-state index contributed by atoms with van der Waals surface area (Å²) in [7, 11) is -1.86. The molecule has 7 nitrogen and oxygen atoms in total. The van der Waals surface area contributed by atoms with Gasteiger partial charge in [0.25, 0.3) is 0 Å². The molecular weight excluding hydrogens is 460 g/mol. The SMILES string of the molecule is COc1ccccc1OCCNC(=O)CCCN(c1ccc(Br)cc1)S(C)(=O)=O. The minimum Gasteiger partial charge on any atom is -0.493 e. The number of carbonyl (C=O) groups excluding carboxylic acids is 1. The summed E-state index contributed by atoms with van der Waals surface area (Å²) in [5.41, 5.74) is 0.571. The summed E-state index contributed by atoms with van der Waals surface area (Å²) in [5, 5.41) is 2.77. The van der Waals surface area contributed by atoms with Crippen molar-refractivity contribution in [2.75, 3.05) is 37.4 Å². The molecule has 0 aliphatic rings. The summed E-state index contributed by atoms with van der Waals surface area (Å²) < 4.78 is 37.1. The van der Waals surface area contributed by atoms with Gasteiger partial charge in [-0.1, -0.05) is 28.1 Å². The van der Waals surface area contributed by atoms with Gasteiger partial charge in [0.1, 0.15) is 6.61 Å². The van der Waals surface area contributed by atoms with E-state index in [1.807, 2.05) is 12.1 Å². The van der Waals surface area contributed by atoms with E-state index < -0.39 is 10.0 Å². The van der Waals surface area contributed by atoms with Crippen molar-refractivity contribution < 1.29 is 22.7 Å². The molecule has 1 N–H and O–H groups in total. The predicted octanol–water partition coefficient (Wildman–Crippen LogP) is 3.20. The highest BCUT2D eigenvalue weighted by Gasteiger charge is 2.17. The number of para-hydroxylation sites is 2. The van der Waals surface area contributed by atoms with Crippen molar-refractivity contribution >= 4 is 37.5 Å². The Labute approximate surface area is 180 Å². The van der Waals surface area contributed by atoms with Crippen molar-refractivity contribution in [2.24, 2.45) is 0 Å². The van der Waals surface area contributed by atoms with Gasteiger partial charge in [-0.25, -0.2) is 8.42 Å². The number of halogens is 1. The zero-order valence-electron chi connectivity index (χ0n) is 16.4. The van der Waals surface area contributed by atoms with E-state index in [9.17, 15) is 13.2 Å². The first-order chi connectivity index (χ1) is 13.8. The number of anilines is 1. The molecule has 9 heteroatoms. The minimum atomic E-state index is -3.43. The molecule has 0 saturated heterocycles. The molecule has 158 valence electrons. The number of rotatable bonds is 11. The number of nitrogens with one attached hydrogen (secondary N) is 1. The molecule has 0 bridgehead atoms. The van der Waals surface area contributed by atoms with Crippen molar-refractivity contribution in [1.82, 2.24) is 5.32 Å². The Balaban J connectivity index is 1.75. The van der Waals surface area contributed by atoms with Crippen LogP contribution >= 0.6 is 15.9 Å². The molecule has 0 heterocycles. The molecule has 0 unspecified atom stereocenters. The average molecular weight is 485 g/mol. The second kappa shape index (κ2) is 11.1. The fourth-order valence-electron chi connectivity index (χ4n) is 2.65. The van der Waals surface area contributed by atoms with Crippen LogP contribution in [0.5, 0.6) is 11.5 Å². The molecule has 0 aliphatic carbocycles. The summed E-state index contributed by atoms with van der Waals surface area (Å²) in [4.78, 5) is 12.0. The lowest BCUT2D eigenvalue weighted by molar-refractivity contribution is -0.121. The van der Waals surface area contributed by atoms with E-state index in [2.05, 4.69) is 21.2 Å². The molecule has 0 fully saturated rings. The smallest absolute Gasteiger partial charge is 0.232 e. The topological polar surface area (TPSA) is 84.9 Å². The highest BCUT2D eigenvalue weighted by Crippen LogP contribution is 2.25. The number of ether oxygens (including phenoxy) is 2. The number of methoxy groups -OCH3 is 1. The van der Waals surface area contributed by atoms with Crippen molar-refractivity contribution in [3.8, 4) is 11.5 Å². The third-order valence-corrected chi connectivity index (χ3v) is 5.75. The van der Waals surface area contributed by atoms with Gasteiger partial charge in [0.15, 0.2) is 11.5 Å². The van der Waals surface area contributed by atoms with E-state index in [4.69, 9.17) is 9.47 Å². The molecule has 2 aromatic carbocycles. The van der Waals surface area contributed by atoms with E-state index in [0.717, 1.165) is 10.7 Å². The number of nitrogens with zero attached hydrogens (tertiary/aromatic N) is 1. The molecule has 2 rings (SSSR count). The third-order valence-electron chi connectivity index (χ3n) is 4.03. The summed E-state index contributed by atoms with van der Waals surface area (Å²) in [5.74, 6) is 1.09. The number of benzene rings is 2. The van der Waals surface area contributed by atoms with E-state index in [1.54, 1.807) is 43.5 Å². The van der Waals surface area contributed by atoms with Gasteiger partial charge in [0.05, 0.1) is 25.6 Å². The van der Waals surface area contributed by atoms with Gasteiger partial charge in [-0.05, 0) is 42.8 Å². The monoisotopic (exact) mass is 484 g/mol. The Morgan fingerprint density at radius 2 is 1.76 bits per heavy atom. The molecule has 0 aliphatic heterocycles. The van der Waals surface area contributed by atoms with Crippen LogP contribution in [0.25, 0.3) is 0 Å². The van der Waals surface area contributed by atoms with E-state index >= 15 is 0 Å². The molecule has 0 saturated carbocycles. The van der Waals surface area contributed by atoms with Gasteiger partial charge < -0.3 is 14.8 Å². The zero-order valence-corrected chi connectivity index (χ0v) is 18.8. The van der Waals surface area contributed by atoms with Crippen molar-refractivity contribution in [3.63, 3.8) is 0 Å². The summed E-state index contributed by atoms with van der Waals surface area (Å²) in [6.45, 7) is 0.880. The highest BCUT2D eigenvalue weighted by atomic mass is 79.9. The van der Waals surface area contributed by atoms with Gasteiger partial charge >= 0.3 is 0 Å². The van der Waals surface area contributed by atoms with Crippen LogP contribution in [0.3, 0.4) is 0 Å². The van der Waals surface area contributed by atoms with Gasteiger partial charge in [-0.2, -0.15) is 0 Å². The largest absolute Gasteiger partial charge is 0.493 e. The van der Waals surface area contributed by atoms with Crippen molar-refractivity contribution in [1.29, 1.82) is 0 Å². The fraction of sp³-hybridized carbons (Fsp3) is 0.350. The van der Waals surface area contributed by atoms with Crippen LogP contribution in [0, 0.1) is 0 Å². The summed E-state index contributed by atoms with van der Waals surface area (Å²) >= 11 is 3.33. The molecule has 2 aromatic rings.